The van der Waals surface area contributed by atoms with Crippen molar-refractivity contribution >= 4 is 0 Å². The molecule has 0 bridgehead atoms. The fourth-order valence-corrected chi connectivity index (χ4v) is 1.19. The van der Waals surface area contributed by atoms with Gasteiger partial charge < -0.3 is 5.73 Å². The van der Waals surface area contributed by atoms with E-state index < -0.39 is 0 Å². The quantitative estimate of drug-likeness (QED) is 0.727. The van der Waals surface area contributed by atoms with Crippen LogP contribution in [0.4, 0.5) is 0 Å². The van der Waals surface area contributed by atoms with Gasteiger partial charge in [-0.2, -0.15) is 0 Å². The van der Waals surface area contributed by atoms with Crippen molar-refractivity contribution in [3.8, 4) is 0 Å². The number of hydrogen-bond acceptors (Lipinski definition) is 1. The summed E-state index contributed by atoms with van der Waals surface area (Å²) in [5.74, 6) is 0. The maximum absolute atomic E-state index is 6.05. The molecule has 1 rings (SSSR count). The lowest BCUT2D eigenvalue weighted by Gasteiger charge is -2.22. The molecule has 1 heteroatoms. The molecular formula is C11H17N. The van der Waals surface area contributed by atoms with Crippen molar-refractivity contribution in [1.29, 1.82) is 0 Å². The number of rotatable bonds is 3. The van der Waals surface area contributed by atoms with Crippen LogP contribution in [-0.2, 0) is 6.42 Å². The fraction of sp³-hybridized carbons (Fsp3) is 0.455. The molecule has 0 aromatic heterocycles. The molecule has 0 aliphatic carbocycles. The van der Waals surface area contributed by atoms with Crippen molar-refractivity contribution in [3.05, 3.63) is 35.9 Å². The molecule has 12 heavy (non-hydrogen) atoms. The van der Waals surface area contributed by atoms with E-state index in [9.17, 15) is 0 Å². The molecule has 1 unspecified atom stereocenters. The van der Waals surface area contributed by atoms with E-state index in [0.717, 1.165) is 12.8 Å². The summed E-state index contributed by atoms with van der Waals surface area (Å²) in [6.07, 6.45) is 1.98. The largest absolute Gasteiger partial charge is 0.325 e. The van der Waals surface area contributed by atoms with Crippen LogP contribution < -0.4 is 5.73 Å². The predicted octanol–water partition coefficient (Wildman–Crippen LogP) is 2.36. The summed E-state index contributed by atoms with van der Waals surface area (Å²) in [5, 5.41) is 0. The van der Waals surface area contributed by atoms with E-state index in [-0.39, 0.29) is 5.54 Å². The Balaban J connectivity index is 2.64. The van der Waals surface area contributed by atoms with Crippen LogP contribution in [0.1, 0.15) is 25.8 Å². The van der Waals surface area contributed by atoms with Gasteiger partial charge in [0.2, 0.25) is 0 Å². The van der Waals surface area contributed by atoms with Crippen molar-refractivity contribution in [2.24, 2.45) is 5.73 Å². The van der Waals surface area contributed by atoms with Gasteiger partial charge in [0, 0.05) is 5.54 Å². The minimum Gasteiger partial charge on any atom is -0.325 e. The summed E-state index contributed by atoms with van der Waals surface area (Å²) in [7, 11) is 0. The summed E-state index contributed by atoms with van der Waals surface area (Å²) in [4.78, 5) is 0. The van der Waals surface area contributed by atoms with Gasteiger partial charge in [0.25, 0.3) is 0 Å². The number of nitrogens with two attached hydrogens (primary N) is 1. The highest BCUT2D eigenvalue weighted by atomic mass is 14.7. The van der Waals surface area contributed by atoms with Crippen molar-refractivity contribution in [2.75, 3.05) is 0 Å². The van der Waals surface area contributed by atoms with E-state index in [1.807, 2.05) is 6.07 Å². The monoisotopic (exact) mass is 163 g/mol. The maximum atomic E-state index is 6.05. The van der Waals surface area contributed by atoms with E-state index in [1.54, 1.807) is 0 Å². The van der Waals surface area contributed by atoms with E-state index in [2.05, 4.69) is 38.1 Å². The van der Waals surface area contributed by atoms with E-state index in [4.69, 9.17) is 5.73 Å². The fourth-order valence-electron chi connectivity index (χ4n) is 1.19. The second-order valence-corrected chi connectivity index (χ2v) is 3.67. The lowest BCUT2D eigenvalue weighted by molar-refractivity contribution is 0.450. The molecule has 1 atom stereocenters. The maximum Gasteiger partial charge on any atom is 0.0163 e. The van der Waals surface area contributed by atoms with E-state index in [1.165, 1.54) is 5.56 Å². The lowest BCUT2D eigenvalue weighted by atomic mass is 9.92. The third kappa shape index (κ3) is 2.67. The molecule has 1 aromatic rings. The van der Waals surface area contributed by atoms with Crippen LogP contribution in [0, 0.1) is 0 Å². The van der Waals surface area contributed by atoms with Gasteiger partial charge >= 0.3 is 0 Å². The molecular weight excluding hydrogens is 146 g/mol. The van der Waals surface area contributed by atoms with Crippen LogP contribution in [0.5, 0.6) is 0 Å². The highest BCUT2D eigenvalue weighted by Crippen LogP contribution is 2.13. The van der Waals surface area contributed by atoms with Crippen LogP contribution in [-0.4, -0.2) is 5.54 Å². The van der Waals surface area contributed by atoms with Gasteiger partial charge in [-0.3, -0.25) is 0 Å². The normalized spacial score (nSPS) is 15.6. The average molecular weight is 163 g/mol. The first-order valence-corrected chi connectivity index (χ1v) is 4.47. The van der Waals surface area contributed by atoms with Crippen molar-refractivity contribution in [1.82, 2.24) is 0 Å². The minimum atomic E-state index is -0.0542. The summed E-state index contributed by atoms with van der Waals surface area (Å²) < 4.78 is 0. The second-order valence-electron chi connectivity index (χ2n) is 3.67. The number of benzene rings is 1. The summed E-state index contributed by atoms with van der Waals surface area (Å²) >= 11 is 0. The molecule has 1 nitrogen and oxygen atoms in total. The van der Waals surface area contributed by atoms with Gasteiger partial charge in [-0.1, -0.05) is 37.3 Å². The molecule has 0 aliphatic heterocycles. The first-order chi connectivity index (χ1) is 5.64. The molecule has 0 fully saturated rings. The van der Waals surface area contributed by atoms with Crippen molar-refractivity contribution in [3.63, 3.8) is 0 Å². The summed E-state index contributed by atoms with van der Waals surface area (Å²) in [5.41, 5.74) is 7.32. The SMILES string of the molecule is CCC(C)(N)Cc1ccccc1. The van der Waals surface area contributed by atoms with Crippen LogP contribution in [0.25, 0.3) is 0 Å². The third-order valence-corrected chi connectivity index (χ3v) is 2.26. The van der Waals surface area contributed by atoms with Crippen LogP contribution in [0.3, 0.4) is 0 Å². The van der Waals surface area contributed by atoms with Crippen LogP contribution >= 0.6 is 0 Å². The van der Waals surface area contributed by atoms with Gasteiger partial charge in [0.15, 0.2) is 0 Å². The zero-order valence-electron chi connectivity index (χ0n) is 7.88. The zero-order chi connectivity index (χ0) is 9.03. The Kier molecular flexibility index (Phi) is 2.88. The molecule has 0 spiro atoms. The first kappa shape index (κ1) is 9.27. The van der Waals surface area contributed by atoms with Gasteiger partial charge in [-0.25, -0.2) is 0 Å². The molecule has 0 amide bonds. The smallest absolute Gasteiger partial charge is 0.0163 e. The highest BCUT2D eigenvalue weighted by Gasteiger charge is 2.15. The Bertz CT molecular complexity index is 226. The minimum absolute atomic E-state index is 0.0542. The Hall–Kier alpha value is -0.820. The summed E-state index contributed by atoms with van der Waals surface area (Å²) in [6, 6.07) is 10.4. The van der Waals surface area contributed by atoms with Crippen molar-refractivity contribution in [2.45, 2.75) is 32.2 Å². The molecule has 0 saturated carbocycles. The van der Waals surface area contributed by atoms with E-state index >= 15 is 0 Å². The van der Waals surface area contributed by atoms with Gasteiger partial charge in [0.05, 0.1) is 0 Å². The van der Waals surface area contributed by atoms with Crippen molar-refractivity contribution < 1.29 is 0 Å². The predicted molar refractivity (Wildman–Crippen MR) is 53.0 cm³/mol. The van der Waals surface area contributed by atoms with Gasteiger partial charge in [-0.05, 0) is 25.3 Å². The van der Waals surface area contributed by atoms with E-state index in [0.29, 0.717) is 0 Å². The first-order valence-electron chi connectivity index (χ1n) is 4.47. The number of hydrogen-bond donors (Lipinski definition) is 1. The lowest BCUT2D eigenvalue weighted by Crippen LogP contribution is -2.37. The average Bonchev–Trinajstić information content (AvgIpc) is 2.06. The molecule has 2 N–H and O–H groups in total. The highest BCUT2D eigenvalue weighted by molar-refractivity contribution is 5.17. The Morgan fingerprint density at radius 2 is 1.83 bits per heavy atom. The molecule has 0 aliphatic rings. The second kappa shape index (κ2) is 3.72. The third-order valence-electron chi connectivity index (χ3n) is 2.26. The Labute approximate surface area is 74.6 Å². The Morgan fingerprint density at radius 1 is 1.25 bits per heavy atom. The molecule has 0 heterocycles. The van der Waals surface area contributed by atoms with Crippen LogP contribution in [0.15, 0.2) is 30.3 Å². The molecule has 66 valence electrons. The van der Waals surface area contributed by atoms with Crippen LogP contribution in [0.2, 0.25) is 0 Å². The molecule has 0 radical (unpaired) electrons. The summed E-state index contributed by atoms with van der Waals surface area (Å²) in [6.45, 7) is 4.23. The topological polar surface area (TPSA) is 26.0 Å². The zero-order valence-corrected chi connectivity index (χ0v) is 7.88. The molecule has 0 saturated heterocycles. The molecule has 1 aromatic carbocycles. The van der Waals surface area contributed by atoms with Gasteiger partial charge in [-0.15, -0.1) is 0 Å². The standard InChI is InChI=1S/C11H17N/c1-3-11(2,12)9-10-7-5-4-6-8-10/h4-8H,3,9,12H2,1-2H3. The van der Waals surface area contributed by atoms with Gasteiger partial charge in [0.1, 0.15) is 0 Å². The Morgan fingerprint density at radius 3 is 2.33 bits per heavy atom.